The molecule has 0 saturated heterocycles. The molecule has 0 fully saturated rings. The van der Waals surface area contributed by atoms with Crippen molar-refractivity contribution in [2.24, 2.45) is 56.7 Å². The van der Waals surface area contributed by atoms with Gasteiger partial charge in [-0.3, -0.25) is 13.9 Å². The lowest BCUT2D eigenvalue weighted by molar-refractivity contribution is -0.117. The van der Waals surface area contributed by atoms with Gasteiger partial charge >= 0.3 is 5.69 Å². The highest BCUT2D eigenvalue weighted by molar-refractivity contribution is 6.01. The molecule has 0 radical (unpaired) electrons. The van der Waals surface area contributed by atoms with E-state index in [1.807, 2.05) is 67.0 Å². The largest absolute Gasteiger partial charge is 0.441 e. The highest BCUT2D eigenvalue weighted by atomic mass is 16.4. The molecule has 6 aromatic heterocycles. The van der Waals surface area contributed by atoms with Crippen molar-refractivity contribution in [2.45, 2.75) is 156 Å². The topological polar surface area (TPSA) is 134 Å². The number of fused-ring (bicyclic) bond motifs is 6. The molecule has 0 spiro atoms. The van der Waals surface area contributed by atoms with Crippen LogP contribution in [-0.2, 0) is 70.9 Å². The molecular formula is C75H99N9O4. The average Bonchev–Trinajstić information content (AvgIpc) is 3.01. The van der Waals surface area contributed by atoms with Crippen LogP contribution in [0.2, 0.25) is 0 Å². The van der Waals surface area contributed by atoms with E-state index in [9.17, 15) is 9.59 Å². The summed E-state index contributed by atoms with van der Waals surface area (Å²) in [5.41, 5.74) is 20.5. The summed E-state index contributed by atoms with van der Waals surface area (Å²) in [4.78, 5) is 42.5. The van der Waals surface area contributed by atoms with Crippen LogP contribution in [0.3, 0.4) is 0 Å². The van der Waals surface area contributed by atoms with Gasteiger partial charge in [-0.15, -0.1) is 0 Å². The van der Waals surface area contributed by atoms with Crippen LogP contribution in [0.5, 0.6) is 0 Å². The molecule has 0 saturated carbocycles. The molecule has 11 aromatic rings. The quantitative estimate of drug-likeness (QED) is 0.118. The van der Waals surface area contributed by atoms with Crippen LogP contribution in [0.4, 0.5) is 5.69 Å². The molecule has 0 N–H and O–H groups in total. The van der Waals surface area contributed by atoms with Gasteiger partial charge in [-0.2, -0.15) is 0 Å². The van der Waals surface area contributed by atoms with Crippen LogP contribution in [-0.4, -0.2) is 51.0 Å². The molecule has 1 aliphatic heterocycles. The molecule has 88 heavy (non-hydrogen) atoms. The molecule has 0 unspecified atom stereocenters. The number of nitrogens with zero attached hydrogens (tertiary/aromatic N) is 9. The number of pyridine rings is 1. The third-order valence-corrected chi connectivity index (χ3v) is 15.3. The summed E-state index contributed by atoms with van der Waals surface area (Å²) in [5.74, 6) is 6.82. The van der Waals surface area contributed by atoms with E-state index >= 15 is 0 Å². The molecule has 1 aliphatic rings. The van der Waals surface area contributed by atoms with Crippen molar-refractivity contribution in [3.8, 4) is 0 Å². The zero-order chi connectivity index (χ0) is 64.3. The van der Waals surface area contributed by atoms with Gasteiger partial charge in [0.2, 0.25) is 5.91 Å². The van der Waals surface area contributed by atoms with Gasteiger partial charge < -0.3 is 22.7 Å². The van der Waals surface area contributed by atoms with Gasteiger partial charge in [0.25, 0.3) is 0 Å². The fraction of sp³-hybridized carbons (Fsp3) is 0.440. The maximum Gasteiger partial charge on any atom is 0.328 e. The smallest absolute Gasteiger partial charge is 0.328 e. The number of aromatic nitrogens is 8. The van der Waals surface area contributed by atoms with Gasteiger partial charge in [0.1, 0.15) is 22.5 Å². The van der Waals surface area contributed by atoms with Gasteiger partial charge in [-0.1, -0.05) is 126 Å². The monoisotopic (exact) mass is 1190 g/mol. The molecule has 12 rings (SSSR count). The first-order valence-corrected chi connectivity index (χ1v) is 31.7. The van der Waals surface area contributed by atoms with Gasteiger partial charge in [0.05, 0.1) is 34.2 Å². The lowest BCUT2D eigenvalue weighted by Gasteiger charge is -2.11. The number of oxazole rings is 2. The predicted octanol–water partition coefficient (Wildman–Crippen LogP) is 17.1. The zero-order valence-corrected chi connectivity index (χ0v) is 56.5. The van der Waals surface area contributed by atoms with Gasteiger partial charge in [0.15, 0.2) is 22.9 Å². The van der Waals surface area contributed by atoms with Crippen LogP contribution in [0, 0.1) is 63.2 Å². The summed E-state index contributed by atoms with van der Waals surface area (Å²) in [7, 11) is 7.54. The maximum absolute atomic E-state index is 11.7. The summed E-state index contributed by atoms with van der Waals surface area (Å²) in [6.45, 7) is 34.5. The first kappa shape index (κ1) is 67.4. The Labute approximate surface area is 523 Å². The number of hydrogen-bond donors (Lipinski definition) is 0. The van der Waals surface area contributed by atoms with E-state index in [1.54, 1.807) is 14.0 Å². The highest BCUT2D eigenvalue weighted by Crippen LogP contribution is 2.29. The number of imidazole rings is 3. The number of rotatable bonds is 12. The molecule has 13 nitrogen and oxygen atoms in total. The Morgan fingerprint density at radius 3 is 1.49 bits per heavy atom. The second-order valence-corrected chi connectivity index (χ2v) is 26.7. The number of hydrogen-bond acceptors (Lipinski definition) is 8. The Bertz CT molecular complexity index is 3950. The van der Waals surface area contributed by atoms with Gasteiger partial charge in [0, 0.05) is 60.1 Å². The molecule has 1 amide bonds. The van der Waals surface area contributed by atoms with Crippen molar-refractivity contribution < 1.29 is 13.6 Å². The number of aryl methyl sites for hydroxylation is 7. The van der Waals surface area contributed by atoms with Crippen LogP contribution < -0.4 is 10.6 Å². The summed E-state index contributed by atoms with van der Waals surface area (Å²) in [6.07, 6.45) is 11.4. The molecule has 5 aromatic carbocycles. The number of carbonyl (C=O) groups is 1. The van der Waals surface area contributed by atoms with Crippen molar-refractivity contribution >= 4 is 61.5 Å². The molecular weight excluding hydrogens is 1090 g/mol. The van der Waals surface area contributed by atoms with E-state index in [4.69, 9.17) is 8.83 Å². The van der Waals surface area contributed by atoms with E-state index in [2.05, 4.69) is 216 Å². The Hall–Kier alpha value is -8.06. The van der Waals surface area contributed by atoms with Crippen LogP contribution >= 0.6 is 0 Å². The third kappa shape index (κ3) is 18.5. The SMILES string of the molecule is CC(C)Cc1ccc2c(c1)CC(=O)N2C.CC(C)Cc1ccc2c(c1)n(C)c(=O)n2C.Cc1cn2cc(CC(C)C)ccc2n1.Cc1nc2cc(CC(C)C)ccc2n1C.Cc1nc2cc(CC(C)C)ccc2o1.Cc1nc2ccc(CC(C)C)cc2o1. The van der Waals surface area contributed by atoms with Crippen molar-refractivity contribution in [1.29, 1.82) is 0 Å². The van der Waals surface area contributed by atoms with Crippen LogP contribution in [0.25, 0.3) is 49.9 Å². The second-order valence-electron chi connectivity index (χ2n) is 26.7. The molecule has 13 heteroatoms. The zero-order valence-electron chi connectivity index (χ0n) is 56.5. The molecule has 0 atom stereocenters. The standard InChI is InChI=1S/C13H18N2O.C13H18N2.C13H17NO.C12H16N2.2C12H15NO/c1-9(2)7-10-5-6-11-12(8-10)15(4)13(16)14(11)3;1-9(2)7-11-5-6-13-12(8-11)14-10(3)15(13)4;1-9(2)6-10-4-5-12-11(7-10)8-13(15)14(12)3;1-9(2)6-11-4-5-12-13-10(3)7-14(12)8-11;1-8(2)6-10-4-5-12-11(7-10)13-9(3)14-12;1-8(2)6-10-4-5-11-12(7-10)14-9(3)13-11/h5-6,8-9H,7H2,1-4H3;5-6,8-9H,7H2,1-4H3;4-5,7,9H,6,8H2,1-3H3;4-5,7-9H,6H2,1-3H3;2*4-5,7-8H,6H2,1-3H3. The fourth-order valence-electron chi connectivity index (χ4n) is 11.4. The number of carbonyl (C=O) groups excluding carboxylic acids is 1. The second kappa shape index (κ2) is 30.2. The minimum atomic E-state index is 0.0386. The van der Waals surface area contributed by atoms with E-state index in [0.29, 0.717) is 41.9 Å². The predicted molar refractivity (Wildman–Crippen MR) is 366 cm³/mol. The van der Waals surface area contributed by atoms with Crippen molar-refractivity contribution in [1.82, 2.24) is 38.0 Å². The summed E-state index contributed by atoms with van der Waals surface area (Å²) in [6, 6.07) is 36.0. The van der Waals surface area contributed by atoms with Crippen LogP contribution in [0.1, 0.15) is 145 Å². The third-order valence-electron chi connectivity index (χ3n) is 15.3. The molecule has 7 heterocycles. The lowest BCUT2D eigenvalue weighted by Crippen LogP contribution is -2.20. The number of anilines is 1. The minimum Gasteiger partial charge on any atom is -0.441 e. The lowest BCUT2D eigenvalue weighted by atomic mass is 10.00. The van der Waals surface area contributed by atoms with Crippen LogP contribution in [0.15, 0.2) is 129 Å². The molecule has 0 aliphatic carbocycles. The summed E-state index contributed by atoms with van der Waals surface area (Å²) < 4.78 is 18.5. The van der Waals surface area contributed by atoms with Crippen molar-refractivity contribution in [2.75, 3.05) is 11.9 Å². The molecule has 0 bridgehead atoms. The average molecular weight is 1190 g/mol. The van der Waals surface area contributed by atoms with E-state index in [-0.39, 0.29) is 11.6 Å². The summed E-state index contributed by atoms with van der Waals surface area (Å²) in [5, 5.41) is 0. The number of likely N-dealkylation sites (N-methyl/N-ethyl adjacent to an activating group) is 1. The minimum absolute atomic E-state index is 0.0386. The first-order valence-electron chi connectivity index (χ1n) is 31.7. The van der Waals surface area contributed by atoms with E-state index in [1.165, 1.54) is 44.5 Å². The Balaban J connectivity index is 0.000000151. The van der Waals surface area contributed by atoms with E-state index in [0.717, 1.165) is 112 Å². The van der Waals surface area contributed by atoms with E-state index < -0.39 is 0 Å². The Morgan fingerprint density at radius 1 is 0.420 bits per heavy atom. The normalized spacial score (nSPS) is 12.1. The van der Waals surface area contributed by atoms with Gasteiger partial charge in [-0.25, -0.2) is 24.7 Å². The number of amides is 1. The first-order chi connectivity index (χ1) is 41.6. The Morgan fingerprint density at radius 2 is 0.886 bits per heavy atom. The van der Waals surface area contributed by atoms with Crippen molar-refractivity contribution in [3.63, 3.8) is 0 Å². The number of benzene rings is 5. The maximum atomic E-state index is 11.7. The van der Waals surface area contributed by atoms with Crippen molar-refractivity contribution in [3.05, 3.63) is 188 Å². The van der Waals surface area contributed by atoms with Gasteiger partial charge in [-0.05, 0) is 187 Å². The fourth-order valence-corrected chi connectivity index (χ4v) is 11.4. The summed E-state index contributed by atoms with van der Waals surface area (Å²) >= 11 is 0. The molecule has 468 valence electrons. The highest BCUT2D eigenvalue weighted by Gasteiger charge is 2.24. The Kier molecular flexibility index (Phi) is 23.2.